The fourth-order valence-corrected chi connectivity index (χ4v) is 4.03. The van der Waals surface area contributed by atoms with E-state index >= 15 is 0 Å². The molecular weight excluding hydrogens is 450 g/mol. The Hall–Kier alpha value is -3.65. The minimum Gasteiger partial charge on any atom is -0.452 e. The van der Waals surface area contributed by atoms with Gasteiger partial charge in [-0.1, -0.05) is 72.4 Å². The van der Waals surface area contributed by atoms with E-state index in [-0.39, 0.29) is 29.7 Å². The smallest absolute Gasteiger partial charge is 0.341 e. The van der Waals surface area contributed by atoms with Gasteiger partial charge in [0.2, 0.25) is 5.91 Å². The molecule has 0 saturated heterocycles. The number of esters is 1. The van der Waals surface area contributed by atoms with Gasteiger partial charge in [0.1, 0.15) is 5.03 Å². The van der Waals surface area contributed by atoms with Gasteiger partial charge in [0, 0.05) is 33.4 Å². The number of likely N-dealkylation sites (N-methyl/N-ethyl adjacent to an activating group) is 1. The summed E-state index contributed by atoms with van der Waals surface area (Å²) in [4.78, 5) is 44.9. The summed E-state index contributed by atoms with van der Waals surface area (Å²) in [5.41, 5.74) is 2.24. The molecule has 0 aliphatic carbocycles. The Kier molecular flexibility index (Phi) is 9.22. The van der Waals surface area contributed by atoms with Gasteiger partial charge < -0.3 is 14.5 Å². The van der Waals surface area contributed by atoms with Gasteiger partial charge in [-0.3, -0.25) is 9.59 Å². The second kappa shape index (κ2) is 12.6. The number of thioether (sulfide) groups is 1. The predicted molar refractivity (Wildman–Crippen MR) is 131 cm³/mol. The maximum atomic E-state index is 12.6. The Bertz CT molecular complexity index is 1110. The summed E-state index contributed by atoms with van der Waals surface area (Å²) in [6.45, 7) is 0.541. The van der Waals surface area contributed by atoms with Crippen molar-refractivity contribution in [2.24, 2.45) is 0 Å². The number of pyridine rings is 1. The van der Waals surface area contributed by atoms with Crippen LogP contribution in [0.25, 0.3) is 0 Å². The largest absolute Gasteiger partial charge is 0.452 e. The Balaban J connectivity index is 1.52. The molecule has 0 N–H and O–H groups in total. The summed E-state index contributed by atoms with van der Waals surface area (Å²) in [6.07, 6.45) is 1.55. The van der Waals surface area contributed by atoms with Crippen LogP contribution in [0.1, 0.15) is 21.5 Å². The molecule has 1 aromatic heterocycles. The maximum absolute atomic E-state index is 12.6. The number of carbonyl (C=O) groups is 3. The second-order valence-corrected chi connectivity index (χ2v) is 8.66. The molecule has 0 atom stereocenters. The molecular formula is C26H27N3O4S. The standard InChI is InChI=1S/C26H27N3O4S/c1-28(16-20-10-5-3-6-11-20)23(30)18-33-26(32)22-14-9-15-27-25(22)34-19-24(31)29(2)17-21-12-7-4-8-13-21/h3-15H,16-19H2,1-2H3. The van der Waals surface area contributed by atoms with Gasteiger partial charge in [0.15, 0.2) is 6.61 Å². The number of aromatic nitrogens is 1. The highest BCUT2D eigenvalue weighted by Crippen LogP contribution is 2.21. The SMILES string of the molecule is CN(Cc1ccccc1)C(=O)COC(=O)c1cccnc1SCC(=O)N(C)Cc1ccccc1. The van der Waals surface area contributed by atoms with Crippen LogP contribution in [0.5, 0.6) is 0 Å². The molecule has 0 spiro atoms. The van der Waals surface area contributed by atoms with E-state index in [1.807, 2.05) is 60.7 Å². The number of benzene rings is 2. The lowest BCUT2D eigenvalue weighted by atomic mass is 10.2. The molecule has 3 rings (SSSR count). The highest BCUT2D eigenvalue weighted by molar-refractivity contribution is 8.00. The van der Waals surface area contributed by atoms with Crippen LogP contribution >= 0.6 is 11.8 Å². The monoisotopic (exact) mass is 477 g/mol. The molecule has 7 nitrogen and oxygen atoms in total. The van der Waals surface area contributed by atoms with Crippen molar-refractivity contribution < 1.29 is 19.1 Å². The molecule has 0 bridgehead atoms. The van der Waals surface area contributed by atoms with E-state index in [0.717, 1.165) is 11.1 Å². The van der Waals surface area contributed by atoms with Crippen LogP contribution in [0.15, 0.2) is 84.0 Å². The van der Waals surface area contributed by atoms with E-state index in [2.05, 4.69) is 4.98 Å². The summed E-state index contributed by atoms with van der Waals surface area (Å²) in [6, 6.07) is 22.5. The van der Waals surface area contributed by atoms with Gasteiger partial charge in [-0.05, 0) is 23.3 Å². The summed E-state index contributed by atoms with van der Waals surface area (Å²) >= 11 is 1.17. The quantitative estimate of drug-likeness (QED) is 0.328. The molecule has 2 amide bonds. The number of nitrogens with zero attached hydrogens (tertiary/aromatic N) is 3. The van der Waals surface area contributed by atoms with Crippen LogP contribution in [-0.4, -0.2) is 59.0 Å². The first-order chi connectivity index (χ1) is 16.4. The van der Waals surface area contributed by atoms with Crippen molar-refractivity contribution in [1.82, 2.24) is 14.8 Å². The minimum atomic E-state index is -0.651. The Morgan fingerprint density at radius 3 is 1.94 bits per heavy atom. The minimum absolute atomic E-state index is 0.0865. The zero-order valence-corrected chi connectivity index (χ0v) is 20.0. The van der Waals surface area contributed by atoms with Gasteiger partial charge in [-0.2, -0.15) is 0 Å². The number of hydrogen-bond donors (Lipinski definition) is 0. The van der Waals surface area contributed by atoms with E-state index in [9.17, 15) is 14.4 Å². The summed E-state index contributed by atoms with van der Waals surface area (Å²) in [5.74, 6) is -0.925. The van der Waals surface area contributed by atoms with Crippen molar-refractivity contribution >= 4 is 29.5 Å². The second-order valence-electron chi connectivity index (χ2n) is 7.69. The molecule has 0 unspecified atom stereocenters. The van der Waals surface area contributed by atoms with Crippen molar-refractivity contribution in [1.29, 1.82) is 0 Å². The first-order valence-electron chi connectivity index (χ1n) is 10.7. The molecule has 0 saturated carbocycles. The fourth-order valence-electron chi connectivity index (χ4n) is 3.11. The van der Waals surface area contributed by atoms with Crippen molar-refractivity contribution in [3.05, 3.63) is 95.7 Å². The van der Waals surface area contributed by atoms with E-state index < -0.39 is 5.97 Å². The third-order valence-corrected chi connectivity index (χ3v) is 6.02. The first-order valence-corrected chi connectivity index (χ1v) is 11.7. The molecule has 0 radical (unpaired) electrons. The summed E-state index contributed by atoms with van der Waals surface area (Å²) in [7, 11) is 3.40. The average molecular weight is 478 g/mol. The molecule has 2 aromatic carbocycles. The van der Waals surface area contributed by atoms with Gasteiger partial charge in [0.25, 0.3) is 5.91 Å². The Morgan fingerprint density at radius 2 is 1.35 bits per heavy atom. The van der Waals surface area contributed by atoms with E-state index in [1.54, 1.807) is 37.3 Å². The molecule has 0 aliphatic rings. The van der Waals surface area contributed by atoms with Crippen LogP contribution in [0, 0.1) is 0 Å². The average Bonchev–Trinajstić information content (AvgIpc) is 2.86. The van der Waals surface area contributed by atoms with Gasteiger partial charge in [0.05, 0.1) is 11.3 Å². The summed E-state index contributed by atoms with van der Waals surface area (Å²) in [5, 5.41) is 0.388. The normalized spacial score (nSPS) is 10.4. The zero-order valence-electron chi connectivity index (χ0n) is 19.2. The van der Waals surface area contributed by atoms with E-state index in [0.29, 0.717) is 18.1 Å². The number of amides is 2. The van der Waals surface area contributed by atoms with Crippen LogP contribution in [-0.2, 0) is 27.4 Å². The first kappa shape index (κ1) is 25.0. The van der Waals surface area contributed by atoms with Gasteiger partial charge >= 0.3 is 5.97 Å². The summed E-state index contributed by atoms with van der Waals surface area (Å²) < 4.78 is 5.24. The van der Waals surface area contributed by atoms with E-state index in [1.165, 1.54) is 16.7 Å². The molecule has 0 aliphatic heterocycles. The molecule has 176 valence electrons. The van der Waals surface area contributed by atoms with Gasteiger partial charge in [-0.25, -0.2) is 9.78 Å². The molecule has 34 heavy (non-hydrogen) atoms. The molecule has 1 heterocycles. The van der Waals surface area contributed by atoms with Crippen LogP contribution in [0.4, 0.5) is 0 Å². The van der Waals surface area contributed by atoms with Crippen molar-refractivity contribution in [2.45, 2.75) is 18.1 Å². The highest BCUT2D eigenvalue weighted by Gasteiger charge is 2.19. The Morgan fingerprint density at radius 1 is 0.794 bits per heavy atom. The molecule has 8 heteroatoms. The number of hydrogen-bond acceptors (Lipinski definition) is 6. The van der Waals surface area contributed by atoms with Gasteiger partial charge in [-0.15, -0.1) is 0 Å². The predicted octanol–water partition coefficient (Wildman–Crippen LogP) is 3.65. The fraction of sp³-hybridized carbons (Fsp3) is 0.231. The lowest BCUT2D eigenvalue weighted by molar-refractivity contribution is -0.133. The van der Waals surface area contributed by atoms with Crippen LogP contribution in [0.2, 0.25) is 0 Å². The highest BCUT2D eigenvalue weighted by atomic mass is 32.2. The number of rotatable bonds is 10. The zero-order chi connectivity index (χ0) is 24.3. The Labute approximate surface area is 203 Å². The topological polar surface area (TPSA) is 79.8 Å². The maximum Gasteiger partial charge on any atom is 0.341 e. The van der Waals surface area contributed by atoms with Crippen LogP contribution < -0.4 is 0 Å². The van der Waals surface area contributed by atoms with Crippen molar-refractivity contribution in [3.8, 4) is 0 Å². The van der Waals surface area contributed by atoms with Crippen LogP contribution in [0.3, 0.4) is 0 Å². The molecule has 0 fully saturated rings. The van der Waals surface area contributed by atoms with Crippen molar-refractivity contribution in [2.75, 3.05) is 26.5 Å². The lowest BCUT2D eigenvalue weighted by Crippen LogP contribution is -2.31. The third kappa shape index (κ3) is 7.45. The van der Waals surface area contributed by atoms with E-state index in [4.69, 9.17) is 4.74 Å². The number of carbonyl (C=O) groups excluding carboxylic acids is 3. The van der Waals surface area contributed by atoms with Crippen molar-refractivity contribution in [3.63, 3.8) is 0 Å². The lowest BCUT2D eigenvalue weighted by Gasteiger charge is -2.18. The number of ether oxygens (including phenoxy) is 1. The molecule has 3 aromatic rings. The third-order valence-electron chi connectivity index (χ3n) is 5.03.